The Kier molecular flexibility index (Phi) is 5.47. The number of imidazole rings is 1. The van der Waals surface area contributed by atoms with Crippen molar-refractivity contribution >= 4 is 23.3 Å². The van der Waals surface area contributed by atoms with Crippen molar-refractivity contribution in [2.75, 3.05) is 5.32 Å². The molecule has 2 heterocycles. The molecular weight excluding hydrogens is 368 g/mol. The van der Waals surface area contributed by atoms with Crippen LogP contribution in [0.4, 0.5) is 5.69 Å². The van der Waals surface area contributed by atoms with Crippen LogP contribution >= 0.6 is 0 Å². The van der Waals surface area contributed by atoms with Gasteiger partial charge >= 0.3 is 0 Å². The lowest BCUT2D eigenvalue weighted by atomic mass is 10.1. The standard InChI is InChI=1S/C22H26N4O3/c1-14(27)15-7-6-10-17(13-15)24-21(28)19-18-11-4-5-12-26(18)20(25-19)22(29)23-16-8-2-3-9-16/h6-7,10,13,16H,2-5,8-9,11-12H2,1H3,(H,23,29)(H,24,28). The first kappa shape index (κ1) is 19.4. The number of hydrogen-bond donors (Lipinski definition) is 2. The number of fused-ring (bicyclic) bond motifs is 1. The minimum absolute atomic E-state index is 0.0636. The van der Waals surface area contributed by atoms with Crippen molar-refractivity contribution in [1.29, 1.82) is 0 Å². The number of carbonyl (C=O) groups excluding carboxylic acids is 3. The Morgan fingerprint density at radius 2 is 1.86 bits per heavy atom. The Labute approximate surface area is 169 Å². The van der Waals surface area contributed by atoms with Crippen LogP contribution in [0.2, 0.25) is 0 Å². The molecule has 0 radical (unpaired) electrons. The summed E-state index contributed by atoms with van der Waals surface area (Å²) in [6, 6.07) is 7.03. The Morgan fingerprint density at radius 1 is 1.07 bits per heavy atom. The van der Waals surface area contributed by atoms with E-state index in [1.54, 1.807) is 24.3 Å². The summed E-state index contributed by atoms with van der Waals surface area (Å²) in [5.41, 5.74) is 2.19. The number of amides is 2. The van der Waals surface area contributed by atoms with Crippen LogP contribution in [0.25, 0.3) is 0 Å². The highest BCUT2D eigenvalue weighted by molar-refractivity contribution is 6.05. The lowest BCUT2D eigenvalue weighted by Crippen LogP contribution is -2.35. The highest BCUT2D eigenvalue weighted by atomic mass is 16.2. The van der Waals surface area contributed by atoms with Gasteiger partial charge in [0.25, 0.3) is 11.8 Å². The average molecular weight is 394 g/mol. The second kappa shape index (κ2) is 8.19. The van der Waals surface area contributed by atoms with Crippen molar-refractivity contribution in [2.45, 2.75) is 64.5 Å². The maximum absolute atomic E-state index is 12.9. The van der Waals surface area contributed by atoms with Crippen LogP contribution in [0.1, 0.15) is 82.6 Å². The largest absolute Gasteiger partial charge is 0.347 e. The van der Waals surface area contributed by atoms with Gasteiger partial charge < -0.3 is 15.2 Å². The van der Waals surface area contributed by atoms with Crippen LogP contribution in [0.5, 0.6) is 0 Å². The Bertz CT molecular complexity index is 957. The van der Waals surface area contributed by atoms with Crippen LogP contribution in [0, 0.1) is 0 Å². The second-order valence-corrected chi connectivity index (χ2v) is 7.89. The summed E-state index contributed by atoms with van der Waals surface area (Å²) in [4.78, 5) is 41.8. The predicted molar refractivity (Wildman–Crippen MR) is 109 cm³/mol. The summed E-state index contributed by atoms with van der Waals surface area (Å²) in [7, 11) is 0. The molecule has 2 N–H and O–H groups in total. The predicted octanol–water partition coefficient (Wildman–Crippen LogP) is 3.35. The van der Waals surface area contributed by atoms with Crippen molar-refractivity contribution in [3.05, 3.63) is 47.0 Å². The SMILES string of the molecule is CC(=O)c1cccc(NC(=O)c2nc(C(=O)NC3CCCC3)n3c2CCCC3)c1. The van der Waals surface area contributed by atoms with E-state index >= 15 is 0 Å². The molecule has 0 spiro atoms. The molecule has 4 rings (SSSR count). The zero-order valence-corrected chi connectivity index (χ0v) is 16.7. The van der Waals surface area contributed by atoms with Crippen molar-refractivity contribution in [3.63, 3.8) is 0 Å². The van der Waals surface area contributed by atoms with Crippen molar-refractivity contribution in [3.8, 4) is 0 Å². The zero-order valence-electron chi connectivity index (χ0n) is 16.7. The molecule has 2 aliphatic rings. The topological polar surface area (TPSA) is 93.1 Å². The lowest BCUT2D eigenvalue weighted by molar-refractivity contribution is 0.0921. The minimum atomic E-state index is -0.351. The molecule has 29 heavy (non-hydrogen) atoms. The zero-order chi connectivity index (χ0) is 20.4. The van der Waals surface area contributed by atoms with E-state index in [2.05, 4.69) is 15.6 Å². The molecule has 1 aliphatic heterocycles. The number of anilines is 1. The highest BCUT2D eigenvalue weighted by Gasteiger charge is 2.29. The molecule has 152 valence electrons. The van der Waals surface area contributed by atoms with Gasteiger partial charge in [-0.05, 0) is 51.2 Å². The molecule has 2 amide bonds. The first-order valence-corrected chi connectivity index (χ1v) is 10.4. The van der Waals surface area contributed by atoms with Gasteiger partial charge in [-0.25, -0.2) is 4.98 Å². The van der Waals surface area contributed by atoms with Gasteiger partial charge in [0.1, 0.15) is 0 Å². The highest BCUT2D eigenvalue weighted by Crippen LogP contribution is 2.24. The number of aromatic nitrogens is 2. The van der Waals surface area contributed by atoms with Crippen LogP contribution in [-0.4, -0.2) is 33.2 Å². The van der Waals surface area contributed by atoms with Crippen molar-refractivity contribution in [2.24, 2.45) is 0 Å². The minimum Gasteiger partial charge on any atom is -0.347 e. The summed E-state index contributed by atoms with van der Waals surface area (Å²) in [6.45, 7) is 2.19. The third kappa shape index (κ3) is 4.09. The first-order valence-electron chi connectivity index (χ1n) is 10.4. The van der Waals surface area contributed by atoms with Crippen LogP contribution < -0.4 is 10.6 Å². The van der Waals surface area contributed by atoms with Gasteiger partial charge in [-0.3, -0.25) is 14.4 Å². The number of rotatable bonds is 5. The number of carbonyl (C=O) groups is 3. The van der Waals surface area contributed by atoms with Gasteiger partial charge in [0.15, 0.2) is 17.3 Å². The molecule has 1 saturated carbocycles. The van der Waals surface area contributed by atoms with E-state index in [4.69, 9.17) is 0 Å². The molecule has 0 unspecified atom stereocenters. The summed E-state index contributed by atoms with van der Waals surface area (Å²) < 4.78 is 1.90. The number of nitrogens with one attached hydrogen (secondary N) is 2. The number of hydrogen-bond acceptors (Lipinski definition) is 4. The Hall–Kier alpha value is -2.96. The summed E-state index contributed by atoms with van der Waals surface area (Å²) >= 11 is 0. The van der Waals surface area contributed by atoms with Gasteiger partial charge in [0.05, 0.1) is 5.69 Å². The van der Waals surface area contributed by atoms with Crippen LogP contribution in [-0.2, 0) is 13.0 Å². The smallest absolute Gasteiger partial charge is 0.287 e. The summed E-state index contributed by atoms with van der Waals surface area (Å²) in [5, 5.41) is 5.91. The molecule has 1 fully saturated rings. The summed E-state index contributed by atoms with van der Waals surface area (Å²) in [5.74, 6) is -0.283. The van der Waals surface area contributed by atoms with Gasteiger partial charge in [0, 0.05) is 23.8 Å². The van der Waals surface area contributed by atoms with Crippen LogP contribution in [0.3, 0.4) is 0 Å². The maximum atomic E-state index is 12.9. The van der Waals surface area contributed by atoms with E-state index in [0.29, 0.717) is 29.3 Å². The maximum Gasteiger partial charge on any atom is 0.287 e. The van der Waals surface area contributed by atoms with Crippen molar-refractivity contribution in [1.82, 2.24) is 14.9 Å². The first-order chi connectivity index (χ1) is 14.0. The fraction of sp³-hybridized carbons (Fsp3) is 0.455. The fourth-order valence-corrected chi connectivity index (χ4v) is 4.22. The molecule has 0 saturated heterocycles. The number of benzene rings is 1. The van der Waals surface area contributed by atoms with Crippen LogP contribution in [0.15, 0.2) is 24.3 Å². The van der Waals surface area contributed by atoms with E-state index in [9.17, 15) is 14.4 Å². The number of ketones is 1. The monoisotopic (exact) mass is 394 g/mol. The molecule has 7 nitrogen and oxygen atoms in total. The third-order valence-corrected chi connectivity index (χ3v) is 5.75. The Balaban J connectivity index is 1.59. The van der Waals surface area contributed by atoms with E-state index in [1.807, 2.05) is 4.57 Å². The van der Waals surface area contributed by atoms with Crippen molar-refractivity contribution < 1.29 is 14.4 Å². The second-order valence-electron chi connectivity index (χ2n) is 7.89. The normalized spacial score (nSPS) is 16.3. The van der Waals surface area contributed by atoms with Gasteiger partial charge in [-0.2, -0.15) is 0 Å². The van der Waals surface area contributed by atoms with E-state index in [-0.39, 0.29) is 23.6 Å². The molecule has 1 aromatic heterocycles. The van der Waals surface area contributed by atoms with Gasteiger partial charge in [0.2, 0.25) is 0 Å². The number of Topliss-reactive ketones (excluding diaryl/α,β-unsaturated/α-hetero) is 1. The average Bonchev–Trinajstić information content (AvgIpc) is 3.35. The fourth-order valence-electron chi connectivity index (χ4n) is 4.22. The third-order valence-electron chi connectivity index (χ3n) is 5.75. The molecule has 1 aliphatic carbocycles. The van der Waals surface area contributed by atoms with Gasteiger partial charge in [-0.1, -0.05) is 25.0 Å². The quantitative estimate of drug-likeness (QED) is 0.761. The van der Waals surface area contributed by atoms with Gasteiger partial charge in [-0.15, -0.1) is 0 Å². The Morgan fingerprint density at radius 3 is 2.62 bits per heavy atom. The van der Waals surface area contributed by atoms with E-state index in [1.165, 1.54) is 6.92 Å². The molecule has 2 aromatic rings. The molecule has 0 atom stereocenters. The summed E-state index contributed by atoms with van der Waals surface area (Å²) in [6.07, 6.45) is 6.93. The molecule has 1 aromatic carbocycles. The lowest BCUT2D eigenvalue weighted by Gasteiger charge is -2.18. The molecule has 7 heteroatoms. The van der Waals surface area contributed by atoms with E-state index in [0.717, 1.165) is 50.6 Å². The number of nitrogens with zero attached hydrogens (tertiary/aromatic N) is 2. The molecule has 0 bridgehead atoms. The molecular formula is C22H26N4O3. The van der Waals surface area contributed by atoms with E-state index < -0.39 is 0 Å².